The molecule has 6 heteroatoms. The maximum absolute atomic E-state index is 11.3. The summed E-state index contributed by atoms with van der Waals surface area (Å²) in [6.45, 7) is 6.78. The number of benzene rings is 1. The molecule has 0 fully saturated rings. The summed E-state index contributed by atoms with van der Waals surface area (Å²) in [6.07, 6.45) is 0. The smallest absolute Gasteiger partial charge is 0.160 e. The zero-order valence-electron chi connectivity index (χ0n) is 14.9. The van der Waals surface area contributed by atoms with Gasteiger partial charge >= 0.3 is 0 Å². The lowest BCUT2D eigenvalue weighted by molar-refractivity contribution is -0.127. The van der Waals surface area contributed by atoms with E-state index in [0.717, 1.165) is 11.4 Å². The van der Waals surface area contributed by atoms with E-state index in [1.54, 1.807) is 0 Å². The molecule has 0 atom stereocenters. The Labute approximate surface area is 144 Å². The van der Waals surface area contributed by atoms with Crippen molar-refractivity contribution in [3.05, 3.63) is 24.3 Å². The molecule has 0 aliphatic rings. The van der Waals surface area contributed by atoms with E-state index < -0.39 is 0 Å². The summed E-state index contributed by atoms with van der Waals surface area (Å²) in [4.78, 5) is 11.3. The summed E-state index contributed by atoms with van der Waals surface area (Å²) in [5, 5.41) is 3.05. The van der Waals surface area contributed by atoms with Crippen LogP contribution in [-0.4, -0.2) is 59.1 Å². The van der Waals surface area contributed by atoms with Gasteiger partial charge in [-0.05, 0) is 24.3 Å². The third-order valence-corrected chi connectivity index (χ3v) is 3.27. The number of ketones is 1. The van der Waals surface area contributed by atoms with E-state index >= 15 is 0 Å². The van der Waals surface area contributed by atoms with Crippen LogP contribution in [0.5, 0.6) is 5.75 Å². The predicted molar refractivity (Wildman–Crippen MR) is 93.8 cm³/mol. The second-order valence-electron chi connectivity index (χ2n) is 5.52. The normalized spacial score (nSPS) is 10.8. The van der Waals surface area contributed by atoms with E-state index in [1.807, 2.05) is 45.2 Å². The van der Waals surface area contributed by atoms with Gasteiger partial charge in [0.05, 0.1) is 33.0 Å². The molecule has 6 nitrogen and oxygen atoms in total. The summed E-state index contributed by atoms with van der Waals surface area (Å²) in [5.74, 6) is 0.948. The van der Waals surface area contributed by atoms with Crippen LogP contribution in [-0.2, 0) is 19.0 Å². The molecule has 24 heavy (non-hydrogen) atoms. The van der Waals surface area contributed by atoms with Crippen molar-refractivity contribution in [3.63, 3.8) is 0 Å². The first-order valence-corrected chi connectivity index (χ1v) is 8.30. The first-order valence-electron chi connectivity index (χ1n) is 8.30. The molecule has 1 aromatic rings. The van der Waals surface area contributed by atoms with E-state index in [4.69, 9.17) is 18.9 Å². The molecule has 0 radical (unpaired) electrons. The predicted octanol–water partition coefficient (Wildman–Crippen LogP) is 2.38. The van der Waals surface area contributed by atoms with Gasteiger partial charge in [0.2, 0.25) is 0 Å². The van der Waals surface area contributed by atoms with Crippen molar-refractivity contribution in [2.24, 2.45) is 5.92 Å². The zero-order valence-corrected chi connectivity index (χ0v) is 14.9. The van der Waals surface area contributed by atoms with Crippen molar-refractivity contribution >= 4 is 11.5 Å². The largest absolute Gasteiger partial charge is 0.491 e. The van der Waals surface area contributed by atoms with Gasteiger partial charge in [-0.2, -0.15) is 0 Å². The Hall–Kier alpha value is -1.63. The summed E-state index contributed by atoms with van der Waals surface area (Å²) in [7, 11) is 1.88. The number of carbonyl (C=O) groups excluding carboxylic acids is 1. The standard InChI is InChI=1S/C18H29NO5/c1-15(2)18(20)14-23-11-10-21-8-9-22-12-13-24-17-6-4-16(19-3)5-7-17/h4-7,15,19H,8-14H2,1-3H3. The maximum Gasteiger partial charge on any atom is 0.160 e. The number of hydrogen-bond donors (Lipinski definition) is 1. The molecule has 0 amide bonds. The SMILES string of the molecule is CNc1ccc(OCCOCCOCCOCC(=O)C(C)C)cc1. The fraction of sp³-hybridized carbons (Fsp3) is 0.611. The van der Waals surface area contributed by atoms with Gasteiger partial charge in [0, 0.05) is 18.7 Å². The van der Waals surface area contributed by atoms with Crippen molar-refractivity contribution in [3.8, 4) is 5.75 Å². The number of nitrogens with one attached hydrogen (secondary N) is 1. The van der Waals surface area contributed by atoms with Gasteiger partial charge in [-0.3, -0.25) is 4.79 Å². The van der Waals surface area contributed by atoms with Gasteiger partial charge in [0.1, 0.15) is 19.0 Å². The van der Waals surface area contributed by atoms with Gasteiger partial charge in [-0.25, -0.2) is 0 Å². The summed E-state index contributed by atoms with van der Waals surface area (Å²) >= 11 is 0. The molecule has 0 heterocycles. The van der Waals surface area contributed by atoms with Crippen LogP contribution in [0.1, 0.15) is 13.8 Å². The maximum atomic E-state index is 11.3. The molecule has 0 spiro atoms. The number of ether oxygens (including phenoxy) is 4. The van der Waals surface area contributed by atoms with Crippen LogP contribution in [0.25, 0.3) is 0 Å². The summed E-state index contributed by atoms with van der Waals surface area (Å²) in [5.41, 5.74) is 1.05. The highest BCUT2D eigenvalue weighted by Gasteiger charge is 2.06. The summed E-state index contributed by atoms with van der Waals surface area (Å²) in [6, 6.07) is 7.75. The minimum atomic E-state index is 0.0165. The van der Waals surface area contributed by atoms with Gasteiger partial charge in [0.15, 0.2) is 5.78 Å². The first-order chi connectivity index (χ1) is 11.6. The van der Waals surface area contributed by atoms with Crippen LogP contribution in [0, 0.1) is 5.92 Å². The van der Waals surface area contributed by atoms with Gasteiger partial charge in [-0.15, -0.1) is 0 Å². The molecular weight excluding hydrogens is 310 g/mol. The van der Waals surface area contributed by atoms with Crippen molar-refractivity contribution in [2.45, 2.75) is 13.8 Å². The lowest BCUT2D eigenvalue weighted by Crippen LogP contribution is -2.17. The fourth-order valence-corrected chi connectivity index (χ4v) is 1.72. The summed E-state index contributed by atoms with van der Waals surface area (Å²) < 4.78 is 21.6. The van der Waals surface area contributed by atoms with Crippen LogP contribution >= 0.6 is 0 Å². The Morgan fingerprint density at radius 2 is 1.46 bits per heavy atom. The van der Waals surface area contributed by atoms with Gasteiger partial charge in [-0.1, -0.05) is 13.8 Å². The van der Waals surface area contributed by atoms with E-state index in [9.17, 15) is 4.79 Å². The van der Waals surface area contributed by atoms with E-state index in [2.05, 4.69) is 5.32 Å². The molecule has 1 aromatic carbocycles. The number of rotatable bonds is 14. The molecule has 0 aliphatic carbocycles. The third-order valence-electron chi connectivity index (χ3n) is 3.27. The molecule has 0 bridgehead atoms. The van der Waals surface area contributed by atoms with E-state index in [0.29, 0.717) is 39.6 Å². The number of carbonyl (C=O) groups is 1. The monoisotopic (exact) mass is 339 g/mol. The quantitative estimate of drug-likeness (QED) is 0.525. The van der Waals surface area contributed by atoms with Gasteiger partial charge in [0.25, 0.3) is 0 Å². The highest BCUT2D eigenvalue weighted by molar-refractivity contribution is 5.81. The van der Waals surface area contributed by atoms with Crippen molar-refractivity contribution < 1.29 is 23.7 Å². The minimum absolute atomic E-state index is 0.0165. The fourth-order valence-electron chi connectivity index (χ4n) is 1.72. The average Bonchev–Trinajstić information content (AvgIpc) is 2.59. The third kappa shape index (κ3) is 9.50. The van der Waals surface area contributed by atoms with E-state index in [-0.39, 0.29) is 18.3 Å². The van der Waals surface area contributed by atoms with Crippen molar-refractivity contribution in [1.82, 2.24) is 0 Å². The van der Waals surface area contributed by atoms with Crippen LogP contribution in [0.3, 0.4) is 0 Å². The topological polar surface area (TPSA) is 66.0 Å². The average molecular weight is 339 g/mol. The second kappa shape index (κ2) is 12.8. The Morgan fingerprint density at radius 3 is 2.00 bits per heavy atom. The van der Waals surface area contributed by atoms with Crippen molar-refractivity contribution in [2.75, 3.05) is 58.6 Å². The Morgan fingerprint density at radius 1 is 0.917 bits per heavy atom. The first kappa shape index (κ1) is 20.4. The van der Waals surface area contributed by atoms with Crippen LogP contribution in [0.2, 0.25) is 0 Å². The number of hydrogen-bond acceptors (Lipinski definition) is 6. The number of anilines is 1. The van der Waals surface area contributed by atoms with Crippen molar-refractivity contribution in [1.29, 1.82) is 0 Å². The Balaban J connectivity index is 1.87. The van der Waals surface area contributed by atoms with Crippen LogP contribution < -0.4 is 10.1 Å². The Bertz CT molecular complexity index is 447. The lowest BCUT2D eigenvalue weighted by Gasteiger charge is -2.09. The molecule has 136 valence electrons. The highest BCUT2D eigenvalue weighted by atomic mass is 16.6. The second-order valence-corrected chi connectivity index (χ2v) is 5.52. The molecule has 0 aromatic heterocycles. The minimum Gasteiger partial charge on any atom is -0.491 e. The Kier molecular flexibility index (Phi) is 10.8. The highest BCUT2D eigenvalue weighted by Crippen LogP contribution is 2.14. The van der Waals surface area contributed by atoms with E-state index in [1.165, 1.54) is 0 Å². The van der Waals surface area contributed by atoms with Crippen LogP contribution in [0.4, 0.5) is 5.69 Å². The lowest BCUT2D eigenvalue weighted by atomic mass is 10.1. The number of Topliss-reactive ketones (excluding diaryl/α,β-unsaturated/α-hetero) is 1. The van der Waals surface area contributed by atoms with Crippen LogP contribution in [0.15, 0.2) is 24.3 Å². The molecule has 0 unspecified atom stereocenters. The van der Waals surface area contributed by atoms with Gasteiger partial charge < -0.3 is 24.3 Å². The molecule has 0 saturated carbocycles. The molecule has 0 saturated heterocycles. The molecule has 0 aliphatic heterocycles. The zero-order chi connectivity index (χ0) is 17.6. The molecule has 1 N–H and O–H groups in total. The molecular formula is C18H29NO5. The molecule has 1 rings (SSSR count).